The number of hydrogen-bond donors (Lipinski definition) is 1. The third kappa shape index (κ3) is 30.7. The minimum atomic E-state index is -0.808. The Morgan fingerprint density at radius 2 is 1.38 bits per heavy atom. The van der Waals surface area contributed by atoms with Crippen molar-refractivity contribution in [3.8, 4) is 0 Å². The van der Waals surface area contributed by atoms with E-state index in [1.807, 2.05) is 0 Å². The molecular weight excluding hydrogens is 1690 g/mol. The molecule has 0 radical (unpaired) electrons. The molecule has 6 unspecified atom stereocenters. The molecule has 8 fully saturated rings. The molecule has 8 saturated heterocycles. The second-order valence-electron chi connectivity index (χ2n) is 14.8. The first kappa shape index (κ1) is 60.8. The van der Waals surface area contributed by atoms with Crippen LogP contribution < -0.4 is 4.98 Å². The van der Waals surface area contributed by atoms with Gasteiger partial charge in [-0.1, -0.05) is 0 Å². The van der Waals surface area contributed by atoms with Crippen molar-refractivity contribution in [3.05, 3.63) is 0 Å². The van der Waals surface area contributed by atoms with Crippen LogP contribution in [0.4, 0.5) is 0 Å². The zero-order valence-electron chi connectivity index (χ0n) is 36.0. The van der Waals surface area contributed by atoms with Gasteiger partial charge in [0.25, 0.3) is 0 Å². The average molecular weight is 1760 g/mol. The zero-order chi connectivity index (χ0) is 41.4. The summed E-state index contributed by atoms with van der Waals surface area (Å²) in [6.07, 6.45) is 0. The second-order valence-corrected chi connectivity index (χ2v) is 109. The molecule has 0 bridgehead atoms. The maximum absolute atomic E-state index is 3.39. The summed E-state index contributed by atoms with van der Waals surface area (Å²) in [4.78, 5) is 5.50. The summed E-state index contributed by atoms with van der Waals surface area (Å²) in [5.41, 5.74) is 0. The molecule has 330 valence electrons. The Hall–Kier alpha value is 7.76. The van der Waals surface area contributed by atoms with Gasteiger partial charge >= 0.3 is 449 Å². The average Bonchev–Trinajstić information content (AvgIpc) is 4.01. The number of hydrogen-bond acceptors (Lipinski definition) is 8. The number of nitrogens with zero attached hydrogens (tertiary/aromatic N) is 7. The van der Waals surface area contributed by atoms with E-state index in [9.17, 15) is 0 Å². The minimum absolute atomic E-state index is 0.248. The molecule has 55 heavy (non-hydrogen) atoms. The fourth-order valence-electron chi connectivity index (χ4n) is 4.88. The van der Waals surface area contributed by atoms with Gasteiger partial charge in [-0.25, -0.2) is 0 Å². The fourth-order valence-corrected chi connectivity index (χ4v) is 72.1. The van der Waals surface area contributed by atoms with E-state index in [0.29, 0.717) is 33.1 Å². The Balaban J connectivity index is 0.000000315. The molecule has 0 saturated carbocycles. The number of nitrogens with one attached hydrogen (secondary N) is 1. The van der Waals surface area contributed by atoms with Crippen molar-refractivity contribution >= 4 is 236 Å². The van der Waals surface area contributed by atoms with Gasteiger partial charge in [-0.05, 0) is 0 Å². The van der Waals surface area contributed by atoms with Crippen LogP contribution in [-0.4, -0.2) is 303 Å². The number of rotatable bonds is 0. The van der Waals surface area contributed by atoms with Gasteiger partial charge in [0.15, 0.2) is 0 Å². The molecule has 8 rings (SSSR count). The van der Waals surface area contributed by atoms with E-state index in [2.05, 4.69) is 186 Å². The molecule has 0 aromatic carbocycles. The van der Waals surface area contributed by atoms with Gasteiger partial charge in [0, 0.05) is 0 Å². The third-order valence-corrected chi connectivity index (χ3v) is 96.1. The zero-order valence-corrected chi connectivity index (χ0v) is 66.6. The summed E-state index contributed by atoms with van der Waals surface area (Å²) < 4.78 is 17.1. The van der Waals surface area contributed by atoms with Gasteiger partial charge in [-0.2, -0.15) is 0 Å². The van der Waals surface area contributed by atoms with E-state index in [-0.39, 0.29) is 20.9 Å². The van der Waals surface area contributed by atoms with Gasteiger partial charge in [-0.15, -0.1) is 0 Å². The Labute approximate surface area is 441 Å². The van der Waals surface area contributed by atoms with Gasteiger partial charge in [0.05, 0.1) is 0 Å². The Kier molecular flexibility index (Phi) is 40.6. The first-order valence-electron chi connectivity index (χ1n) is 19.4. The molecule has 0 spiro atoms. The van der Waals surface area contributed by atoms with Crippen molar-refractivity contribution in [1.29, 1.82) is 0 Å². The SMILES string of the molecule is C1C[Se][SiH2]N1.CC1CN(C)[SiH2][Se]1.CC1C[Se][SiH2]N1C.CC1[Se][SiH2]N(C)C1C.CN1CC[Se][SiH2]1.CN1CC[Se][SiH]1C.CN1CC[Se][SiH]1I.CN1CC[Se][Si]1(I)I. The van der Waals surface area contributed by atoms with Crippen LogP contribution in [0.2, 0.25) is 48.1 Å². The van der Waals surface area contributed by atoms with Crippen LogP contribution in [0.25, 0.3) is 0 Å². The summed E-state index contributed by atoms with van der Waals surface area (Å²) >= 11 is 16.5. The molecule has 8 aliphatic rings. The van der Waals surface area contributed by atoms with Crippen LogP contribution in [0, 0.1) is 0 Å². The van der Waals surface area contributed by atoms with Crippen LogP contribution in [-0.2, 0) is 0 Å². The van der Waals surface area contributed by atoms with Crippen molar-refractivity contribution in [1.82, 2.24) is 36.9 Å². The van der Waals surface area contributed by atoms with Gasteiger partial charge in [-0.3, -0.25) is 0 Å². The molecule has 0 aromatic heterocycles. The molecule has 8 heterocycles. The van der Waals surface area contributed by atoms with Crippen LogP contribution in [0.5, 0.6) is 0 Å². The van der Waals surface area contributed by atoms with Gasteiger partial charge in [0.2, 0.25) is 0 Å². The monoisotopic (exact) mass is 1770 g/mol. The molecule has 8 aliphatic heterocycles. The van der Waals surface area contributed by atoms with Crippen LogP contribution in [0.1, 0.15) is 27.7 Å². The van der Waals surface area contributed by atoms with E-state index >= 15 is 0 Å². The summed E-state index contributed by atoms with van der Waals surface area (Å²) in [5.74, 6) is 0. The van der Waals surface area contributed by atoms with Crippen molar-refractivity contribution in [2.45, 2.75) is 87.9 Å². The van der Waals surface area contributed by atoms with E-state index in [1.165, 1.54) is 71.2 Å². The molecule has 27 heteroatoms. The molecule has 6 atom stereocenters. The fraction of sp³-hybridized carbons (Fsp3) is 1.00. The predicted molar refractivity (Wildman–Crippen MR) is 310 cm³/mol. The van der Waals surface area contributed by atoms with E-state index < -0.39 is 1.83 Å². The quantitative estimate of drug-likeness (QED) is 0.169. The van der Waals surface area contributed by atoms with E-state index in [4.69, 9.17) is 0 Å². The molecule has 8 nitrogen and oxygen atoms in total. The summed E-state index contributed by atoms with van der Waals surface area (Å²) in [6, 6.07) is 1.84. The van der Waals surface area contributed by atoms with Crippen LogP contribution in [0.3, 0.4) is 0 Å². The Bertz CT molecular complexity index is 873. The molecule has 0 amide bonds. The standard InChI is InChI=1S/C5H13NSeSi.3C4H11NSeSi.C3H7I2NSeSi.C3H8INSeSi.C3H9NSeSi.C2H7NSeSi/c1-4-5(2)7-8-6(4)3;1-5-3-4-6-7(5)2;1-4-3-6-7-5(4)2;1-4-3-5(2)7-6-4;1-6-2-3-7-8(6,4)5;1-5-2-3-6-7(5)4;1-4-2-3-5-6-4;1-2-4-5-3-1/h4-5H,8H2,1-3H3;7H,3-4H2,1-2H3;2*4H,3,7H2,1-2H3;2-3H2,1H3;7H,2-3H2,1H3;2-3,6H2,1H3;3H,1-2,5H2. The van der Waals surface area contributed by atoms with Crippen molar-refractivity contribution in [2.24, 2.45) is 0 Å². The van der Waals surface area contributed by atoms with E-state index in [1.54, 1.807) is 0 Å². The first-order chi connectivity index (χ1) is 25.9. The van der Waals surface area contributed by atoms with Gasteiger partial charge in [0.1, 0.15) is 0 Å². The molecule has 0 aromatic rings. The summed E-state index contributed by atoms with van der Waals surface area (Å²) in [5, 5.41) is 8.83. The predicted octanol–water partition coefficient (Wildman–Crippen LogP) is -2.05. The summed E-state index contributed by atoms with van der Waals surface area (Å²) in [7, 11) is 17.2. The third-order valence-electron chi connectivity index (χ3n) is 9.64. The molecule has 0 aliphatic carbocycles. The van der Waals surface area contributed by atoms with Gasteiger partial charge < -0.3 is 0 Å². The summed E-state index contributed by atoms with van der Waals surface area (Å²) in [6.45, 7) is 20.2. The Morgan fingerprint density at radius 3 is 1.53 bits per heavy atom. The van der Waals surface area contributed by atoms with Crippen LogP contribution in [0.15, 0.2) is 0 Å². The number of halogens is 3. The normalized spacial score (nSPS) is 34.7. The van der Waals surface area contributed by atoms with E-state index in [0.717, 1.165) is 136 Å². The van der Waals surface area contributed by atoms with Crippen molar-refractivity contribution < 1.29 is 0 Å². The Morgan fingerprint density at radius 1 is 0.691 bits per heavy atom. The van der Waals surface area contributed by atoms with Crippen LogP contribution >= 0.6 is 65.4 Å². The topological polar surface area (TPSA) is 34.7 Å². The second kappa shape index (κ2) is 36.8. The molecular formula is C28H77I3N8Se8Si8. The van der Waals surface area contributed by atoms with Crippen molar-refractivity contribution in [3.63, 3.8) is 0 Å². The first-order valence-corrected chi connectivity index (χ1v) is 76.8. The molecule has 1 N–H and O–H groups in total. The maximum atomic E-state index is 3.39. The van der Waals surface area contributed by atoms with Crippen molar-refractivity contribution in [2.75, 3.05) is 88.6 Å².